The summed E-state index contributed by atoms with van der Waals surface area (Å²) >= 11 is 0. The first-order chi connectivity index (χ1) is 14.2. The van der Waals surface area contributed by atoms with Crippen molar-refractivity contribution in [3.8, 4) is 16.9 Å². The zero-order valence-electron chi connectivity index (χ0n) is 17.0. The van der Waals surface area contributed by atoms with Gasteiger partial charge >= 0.3 is 0 Å². The third-order valence-corrected chi connectivity index (χ3v) is 4.71. The van der Waals surface area contributed by atoms with Gasteiger partial charge in [-0.25, -0.2) is 9.97 Å². The highest BCUT2D eigenvalue weighted by molar-refractivity contribution is 6.02. The van der Waals surface area contributed by atoms with Crippen molar-refractivity contribution in [2.24, 2.45) is 0 Å². The molecule has 4 aromatic rings. The molecule has 150 valence electrons. The fourth-order valence-electron chi connectivity index (χ4n) is 3.45. The number of nitrogens with zero attached hydrogens (tertiary/aromatic N) is 2. The van der Waals surface area contributed by atoms with Gasteiger partial charge < -0.3 is 19.8 Å². The van der Waals surface area contributed by atoms with Crippen LogP contribution in [0.2, 0.25) is 0 Å². The van der Waals surface area contributed by atoms with Crippen molar-refractivity contribution in [2.45, 2.75) is 26.9 Å². The Kier molecular flexibility index (Phi) is 5.62. The van der Waals surface area contributed by atoms with Gasteiger partial charge in [0.25, 0.3) is 0 Å². The molecule has 0 aliphatic carbocycles. The van der Waals surface area contributed by atoms with Crippen LogP contribution in [0.1, 0.15) is 20.8 Å². The van der Waals surface area contributed by atoms with Crippen LogP contribution < -0.4 is 10.1 Å². The van der Waals surface area contributed by atoms with Crippen molar-refractivity contribution in [2.75, 3.05) is 25.1 Å². The van der Waals surface area contributed by atoms with E-state index in [0.717, 1.165) is 44.5 Å². The lowest BCUT2D eigenvalue weighted by Crippen LogP contribution is -2.10. The van der Waals surface area contributed by atoms with Gasteiger partial charge in [-0.3, -0.25) is 0 Å². The molecule has 0 unspecified atom stereocenters. The van der Waals surface area contributed by atoms with Crippen molar-refractivity contribution in [3.05, 3.63) is 48.9 Å². The lowest BCUT2D eigenvalue weighted by Gasteiger charge is -2.11. The van der Waals surface area contributed by atoms with Gasteiger partial charge in [0.15, 0.2) is 0 Å². The first-order valence-corrected chi connectivity index (χ1v) is 10.00. The minimum absolute atomic E-state index is 0.159. The molecule has 6 nitrogen and oxygen atoms in total. The van der Waals surface area contributed by atoms with E-state index in [-0.39, 0.29) is 6.10 Å². The molecule has 2 N–H and O–H groups in total. The quantitative estimate of drug-likeness (QED) is 0.414. The molecular weight excluding hydrogens is 364 g/mol. The summed E-state index contributed by atoms with van der Waals surface area (Å²) in [6, 6.07) is 12.6. The van der Waals surface area contributed by atoms with E-state index in [0.29, 0.717) is 19.8 Å². The molecule has 2 aromatic carbocycles. The molecule has 4 rings (SSSR count). The molecule has 29 heavy (non-hydrogen) atoms. The normalized spacial score (nSPS) is 11.4. The Morgan fingerprint density at radius 2 is 1.90 bits per heavy atom. The molecule has 6 heteroatoms. The summed E-state index contributed by atoms with van der Waals surface area (Å²) in [5.74, 6) is 1.70. The molecule has 0 spiro atoms. The number of benzene rings is 2. The van der Waals surface area contributed by atoms with Gasteiger partial charge in [0.2, 0.25) is 0 Å². The molecule has 0 saturated heterocycles. The largest absolute Gasteiger partial charge is 0.491 e. The number of fused-ring (bicyclic) bond motifs is 2. The first kappa shape index (κ1) is 19.2. The maximum atomic E-state index is 5.81. The smallest absolute Gasteiger partial charge is 0.143 e. The summed E-state index contributed by atoms with van der Waals surface area (Å²) in [4.78, 5) is 12.1. The molecule has 0 radical (unpaired) electrons. The lowest BCUT2D eigenvalue weighted by atomic mass is 10.0. The van der Waals surface area contributed by atoms with Crippen molar-refractivity contribution in [3.63, 3.8) is 0 Å². The Morgan fingerprint density at radius 3 is 2.72 bits per heavy atom. The zero-order chi connectivity index (χ0) is 20.2. The van der Waals surface area contributed by atoms with Crippen LogP contribution in [-0.4, -0.2) is 40.8 Å². The molecular formula is C23H26N4O2. The molecule has 0 amide bonds. The molecule has 0 aliphatic heterocycles. The van der Waals surface area contributed by atoms with E-state index >= 15 is 0 Å². The Bertz CT molecular complexity index is 1120. The Hall–Kier alpha value is -3.12. The zero-order valence-corrected chi connectivity index (χ0v) is 17.0. The molecule has 0 atom stereocenters. The number of rotatable bonds is 8. The third kappa shape index (κ3) is 4.17. The number of nitrogens with one attached hydrogen (secondary N) is 2. The van der Waals surface area contributed by atoms with Crippen LogP contribution in [-0.2, 0) is 4.74 Å². The highest BCUT2D eigenvalue weighted by atomic mass is 16.5. The second-order valence-corrected chi connectivity index (χ2v) is 7.16. The van der Waals surface area contributed by atoms with E-state index < -0.39 is 0 Å². The van der Waals surface area contributed by atoms with Crippen LogP contribution >= 0.6 is 0 Å². The van der Waals surface area contributed by atoms with Crippen molar-refractivity contribution >= 4 is 27.6 Å². The Morgan fingerprint density at radius 1 is 1.07 bits per heavy atom. The molecule has 0 saturated carbocycles. The summed E-state index contributed by atoms with van der Waals surface area (Å²) < 4.78 is 11.2. The number of aromatic nitrogens is 3. The van der Waals surface area contributed by atoms with Crippen molar-refractivity contribution in [1.82, 2.24) is 15.0 Å². The van der Waals surface area contributed by atoms with E-state index in [1.165, 1.54) is 0 Å². The number of H-pyrrole nitrogens is 1. The monoisotopic (exact) mass is 390 g/mol. The Balaban J connectivity index is 1.69. The number of aromatic amines is 1. The average molecular weight is 390 g/mol. The average Bonchev–Trinajstić information content (AvgIpc) is 3.15. The fraction of sp³-hybridized carbons (Fsp3) is 0.304. The molecule has 2 heterocycles. The second kappa shape index (κ2) is 8.49. The summed E-state index contributed by atoms with van der Waals surface area (Å²) in [5, 5.41) is 6.67. The summed E-state index contributed by atoms with van der Waals surface area (Å²) in [6.07, 6.45) is 3.72. The highest BCUT2D eigenvalue weighted by Crippen LogP contribution is 2.34. The lowest BCUT2D eigenvalue weighted by molar-refractivity contribution is 0.158. The Labute approximate surface area is 170 Å². The van der Waals surface area contributed by atoms with E-state index in [1.807, 2.05) is 33.0 Å². The SMILES string of the molecule is CCOCCNc1ncnc2[nH]cc(-c3ccc4cc(OC(C)C)ccc4c3)c12. The number of hydrogen-bond donors (Lipinski definition) is 2. The van der Waals surface area contributed by atoms with E-state index in [1.54, 1.807) is 6.33 Å². The van der Waals surface area contributed by atoms with Crippen molar-refractivity contribution < 1.29 is 9.47 Å². The third-order valence-electron chi connectivity index (χ3n) is 4.71. The number of ether oxygens (including phenoxy) is 2. The summed E-state index contributed by atoms with van der Waals surface area (Å²) in [5.41, 5.74) is 3.00. The van der Waals surface area contributed by atoms with Gasteiger partial charge in [0, 0.05) is 24.9 Å². The van der Waals surface area contributed by atoms with Crippen LogP contribution in [0.5, 0.6) is 5.75 Å². The number of hydrogen-bond acceptors (Lipinski definition) is 5. The van der Waals surface area contributed by atoms with Gasteiger partial charge in [-0.15, -0.1) is 0 Å². The summed E-state index contributed by atoms with van der Waals surface area (Å²) in [6.45, 7) is 8.10. The van der Waals surface area contributed by atoms with Gasteiger partial charge in [-0.05, 0) is 55.3 Å². The van der Waals surface area contributed by atoms with Crippen molar-refractivity contribution in [1.29, 1.82) is 0 Å². The maximum Gasteiger partial charge on any atom is 0.143 e. The van der Waals surface area contributed by atoms with Crippen LogP contribution in [0.3, 0.4) is 0 Å². The fourth-order valence-corrected chi connectivity index (χ4v) is 3.45. The minimum Gasteiger partial charge on any atom is -0.491 e. The van der Waals surface area contributed by atoms with Crippen LogP contribution in [0, 0.1) is 0 Å². The van der Waals surface area contributed by atoms with Gasteiger partial charge in [-0.2, -0.15) is 0 Å². The van der Waals surface area contributed by atoms with E-state index in [2.05, 4.69) is 50.6 Å². The predicted molar refractivity (Wildman–Crippen MR) is 118 cm³/mol. The van der Waals surface area contributed by atoms with Gasteiger partial charge in [0.1, 0.15) is 23.5 Å². The number of anilines is 1. The standard InChI is InChI=1S/C23H26N4O2/c1-4-28-10-9-24-22-21-20(13-25-23(21)27-14-26-22)18-6-5-17-12-19(29-15(2)3)8-7-16(17)11-18/h5-8,11-15H,4,9-10H2,1-3H3,(H2,24,25,26,27). The summed E-state index contributed by atoms with van der Waals surface area (Å²) in [7, 11) is 0. The van der Waals surface area contributed by atoms with Crippen LogP contribution in [0.25, 0.3) is 32.9 Å². The molecule has 2 aromatic heterocycles. The first-order valence-electron chi connectivity index (χ1n) is 10.00. The highest BCUT2D eigenvalue weighted by Gasteiger charge is 2.13. The maximum absolute atomic E-state index is 5.81. The van der Waals surface area contributed by atoms with Crippen LogP contribution in [0.4, 0.5) is 5.82 Å². The van der Waals surface area contributed by atoms with E-state index in [4.69, 9.17) is 9.47 Å². The molecule has 0 bridgehead atoms. The molecule has 0 aliphatic rings. The minimum atomic E-state index is 0.159. The topological polar surface area (TPSA) is 72.1 Å². The van der Waals surface area contributed by atoms with Gasteiger partial charge in [0.05, 0.1) is 18.1 Å². The van der Waals surface area contributed by atoms with Gasteiger partial charge in [-0.1, -0.05) is 18.2 Å². The molecule has 0 fully saturated rings. The predicted octanol–water partition coefficient (Wildman–Crippen LogP) is 5.01. The van der Waals surface area contributed by atoms with Crippen LogP contribution in [0.15, 0.2) is 48.9 Å². The van der Waals surface area contributed by atoms with E-state index in [9.17, 15) is 0 Å². The second-order valence-electron chi connectivity index (χ2n) is 7.16.